The molecule has 2 saturated heterocycles. The van der Waals surface area contributed by atoms with Gasteiger partial charge in [-0.25, -0.2) is 29.0 Å². The zero-order valence-electron chi connectivity index (χ0n) is 63.8. The number of fused-ring (bicyclic) bond motifs is 2. The highest BCUT2D eigenvalue weighted by Crippen LogP contribution is 2.29. The van der Waals surface area contributed by atoms with Crippen molar-refractivity contribution in [3.8, 4) is 28.6 Å². The number of hydrogen-bond acceptors (Lipinski definition) is 20. The molecule has 1 saturated carbocycles. The third-order valence-corrected chi connectivity index (χ3v) is 20.2. The number of H-pyrrole nitrogens is 2. The lowest BCUT2D eigenvalue weighted by Gasteiger charge is -2.38. The van der Waals surface area contributed by atoms with Gasteiger partial charge in [0.15, 0.2) is 22.8 Å². The molecule has 3 aliphatic rings. The minimum absolute atomic E-state index is 0. The monoisotopic (exact) mass is 1630 g/mol. The van der Waals surface area contributed by atoms with Crippen molar-refractivity contribution >= 4 is 62.2 Å². The Morgan fingerprint density at radius 2 is 0.982 bits per heavy atom. The standard InChI is InChI=1S/C37H37N7O5.C25H24BrN5O3.C12H14N2O2.C6H14N2.C3H5N3.ClH/c1-27-7-9-29(10-8-27)35(45)41-17-15-37(47,16-18-41)25-42-26-38-34-33(36(42)46)22-40-44(34)31-13-11-30(12-14-31)43-23-32(21-39-43)49-20-19-48-24-28-5-3-2-4-6-28;1-17-2-4-18(5-3-17)23(32)29-12-10-25(34,11-13-29)15-30-16-27-22-21(24(30)33)14-28-31(22)20-8-6-19(26)7-9-20;1-2-4-11(5-3-1)10-15-6-7-16-12-8-13-14-9-12;7-5-3-1-2-4-6(5)8;1-3-4-2-5-6-3;/h2-14,21-23,26,47H,15-20,24-25H2,1H3;2-9,14,16,34H,10-13,15H2,1H3;1-5,8-9H,6-7,10H2,(H,13,14);5-6H,1-4,7-8H2;2H,1H3,(H,4,5,6);1H/t;;;5-,6-;;/m...0../s1. The predicted molar refractivity (Wildman–Crippen MR) is 438 cm³/mol. The number of carbonyl (C=O) groups is 2. The number of piperidine rings is 2. The van der Waals surface area contributed by atoms with E-state index in [-0.39, 0.29) is 60.5 Å². The molecule has 0 radical (unpaired) electrons. The fraction of sp³-hybridized carbons (Fsp3) is 0.325. The summed E-state index contributed by atoms with van der Waals surface area (Å²) in [6.07, 6.45) is 20.5. The maximum atomic E-state index is 13.5. The van der Waals surface area contributed by atoms with Gasteiger partial charge < -0.3 is 50.4 Å². The Bertz CT molecular complexity index is 5240. The van der Waals surface area contributed by atoms with Crippen LogP contribution in [0, 0.1) is 20.8 Å². The number of amides is 2. The van der Waals surface area contributed by atoms with Gasteiger partial charge in [-0.2, -0.15) is 25.5 Å². The lowest BCUT2D eigenvalue weighted by atomic mass is 9.91. The number of halogens is 2. The third-order valence-electron chi connectivity index (χ3n) is 19.7. The molecule has 0 spiro atoms. The minimum Gasteiger partial charge on any atom is -0.488 e. The molecule has 1 aliphatic carbocycles. The molecule has 2 atom stereocenters. The molecule has 16 rings (SSSR count). The van der Waals surface area contributed by atoms with Gasteiger partial charge in [-0.1, -0.05) is 125 Å². The van der Waals surface area contributed by atoms with Crippen molar-refractivity contribution < 1.29 is 38.7 Å². The molecule has 0 unspecified atom stereocenters. The highest BCUT2D eigenvalue weighted by Gasteiger charge is 2.37. The number of aryl methyl sites for hydroxylation is 3. The van der Waals surface area contributed by atoms with E-state index >= 15 is 0 Å². The van der Waals surface area contributed by atoms with Crippen LogP contribution in [0.25, 0.3) is 39.1 Å². The number of nitrogens with one attached hydrogen (secondary N) is 2. The van der Waals surface area contributed by atoms with Crippen LogP contribution in [-0.4, -0.2) is 182 Å². The Balaban J connectivity index is 0.000000168. The van der Waals surface area contributed by atoms with Gasteiger partial charge in [-0.15, -0.1) is 12.4 Å². The smallest absolute Gasteiger partial charge is 0.264 e. The van der Waals surface area contributed by atoms with E-state index in [2.05, 4.69) is 66.6 Å². The number of likely N-dealkylation sites (tertiary alicyclic amines) is 2. The van der Waals surface area contributed by atoms with E-state index in [9.17, 15) is 29.4 Å². The summed E-state index contributed by atoms with van der Waals surface area (Å²) in [6.45, 7) is 10.8. The van der Waals surface area contributed by atoms with E-state index in [0.717, 1.165) is 62.6 Å². The molecular formula is C83H95BrClN19O10. The van der Waals surface area contributed by atoms with Crippen LogP contribution < -0.4 is 32.1 Å². The van der Waals surface area contributed by atoms with Crippen LogP contribution in [0.3, 0.4) is 0 Å². The van der Waals surface area contributed by atoms with Gasteiger partial charge in [-0.3, -0.25) is 38.5 Å². The number of rotatable bonds is 21. The Morgan fingerprint density at radius 1 is 0.535 bits per heavy atom. The number of aromatic amines is 2. The third kappa shape index (κ3) is 23.0. The molecule has 114 heavy (non-hydrogen) atoms. The molecule has 31 heteroatoms. The van der Waals surface area contributed by atoms with Crippen molar-refractivity contribution in [1.29, 1.82) is 0 Å². The first-order chi connectivity index (χ1) is 54.8. The normalized spacial score (nSPS) is 15.5. The number of benzene rings is 6. The largest absolute Gasteiger partial charge is 0.488 e. The van der Waals surface area contributed by atoms with E-state index in [4.69, 9.17) is 30.4 Å². The summed E-state index contributed by atoms with van der Waals surface area (Å²) in [5, 5.41) is 49.2. The highest BCUT2D eigenvalue weighted by atomic mass is 79.9. The molecule has 2 aliphatic heterocycles. The molecule has 13 aromatic rings. The van der Waals surface area contributed by atoms with E-state index < -0.39 is 11.2 Å². The number of aliphatic hydroxyl groups is 2. The molecular weight excluding hydrogens is 1540 g/mol. The topological polar surface area (TPSA) is 364 Å². The first kappa shape index (κ1) is 83.6. The first-order valence-electron chi connectivity index (χ1n) is 37.6. The fourth-order valence-corrected chi connectivity index (χ4v) is 13.3. The Hall–Kier alpha value is -11.4. The van der Waals surface area contributed by atoms with Crippen molar-refractivity contribution in [3.05, 3.63) is 278 Å². The molecule has 2 amide bonds. The van der Waals surface area contributed by atoms with Crippen LogP contribution in [0.4, 0.5) is 0 Å². The number of carbonyl (C=O) groups excluding carboxylic acids is 2. The summed E-state index contributed by atoms with van der Waals surface area (Å²) in [4.78, 5) is 68.6. The number of ether oxygens (including phenoxy) is 4. The molecule has 3 fully saturated rings. The van der Waals surface area contributed by atoms with Gasteiger partial charge in [0.2, 0.25) is 0 Å². The predicted octanol–water partition coefficient (Wildman–Crippen LogP) is 10.4. The van der Waals surface area contributed by atoms with Gasteiger partial charge in [0.1, 0.15) is 48.8 Å². The van der Waals surface area contributed by atoms with Crippen LogP contribution in [-0.2, 0) is 35.8 Å². The molecule has 29 nitrogen and oxygen atoms in total. The zero-order valence-corrected chi connectivity index (χ0v) is 66.2. The Morgan fingerprint density at radius 3 is 1.39 bits per heavy atom. The van der Waals surface area contributed by atoms with Crippen molar-refractivity contribution in [2.45, 2.75) is 122 Å². The summed E-state index contributed by atoms with van der Waals surface area (Å²) in [7, 11) is 0. The van der Waals surface area contributed by atoms with Crippen molar-refractivity contribution in [2.24, 2.45) is 11.5 Å². The first-order valence-corrected chi connectivity index (χ1v) is 38.4. The van der Waals surface area contributed by atoms with Crippen LogP contribution in [0.1, 0.15) is 100 Å². The lowest BCUT2D eigenvalue weighted by Crippen LogP contribution is -2.49. The molecule has 7 aromatic heterocycles. The van der Waals surface area contributed by atoms with Crippen molar-refractivity contribution in [3.63, 3.8) is 0 Å². The molecule has 596 valence electrons. The van der Waals surface area contributed by atoms with Crippen LogP contribution >= 0.6 is 28.3 Å². The SMILES string of the molecule is Cc1ccc(C(=O)N2CCC(O)(Cn3cnc4c(cnn4-c4ccc(-n5cc(OCCOCc6ccccc6)cn5)cc4)c3=O)CC2)cc1.Cc1ccc(C(=O)N2CCC(O)(Cn3cnc4c(cnn4-c4ccc(Br)cc4)c3=O)CC2)cc1.Cc1ncn[nH]1.Cl.N[C@H]1CCCC[C@@H]1N.c1ccc(COCCOc2cn[nH]c2)cc1. The van der Waals surface area contributed by atoms with Gasteiger partial charge in [0.05, 0.1) is 105 Å². The molecule has 0 bridgehead atoms. The lowest BCUT2D eigenvalue weighted by molar-refractivity contribution is -0.0306. The second-order valence-electron chi connectivity index (χ2n) is 28.2. The van der Waals surface area contributed by atoms with Crippen LogP contribution in [0.15, 0.2) is 228 Å². The van der Waals surface area contributed by atoms with Crippen molar-refractivity contribution in [1.82, 2.24) is 83.6 Å². The summed E-state index contributed by atoms with van der Waals surface area (Å²) in [5.74, 6) is 2.14. The second kappa shape index (κ2) is 40.4. The van der Waals surface area contributed by atoms with Gasteiger partial charge in [-0.05, 0) is 143 Å². The average Bonchev–Trinajstić information content (AvgIpc) is 1.60. The van der Waals surface area contributed by atoms with Gasteiger partial charge >= 0.3 is 0 Å². The quantitative estimate of drug-likeness (QED) is 0.0364. The fourth-order valence-electron chi connectivity index (χ4n) is 13.0. The van der Waals surface area contributed by atoms with E-state index in [1.165, 1.54) is 58.9 Å². The number of nitrogens with two attached hydrogens (primary N) is 2. The summed E-state index contributed by atoms with van der Waals surface area (Å²) >= 11 is 3.41. The van der Waals surface area contributed by atoms with Gasteiger partial charge in [0, 0.05) is 53.9 Å². The minimum atomic E-state index is -1.14. The maximum absolute atomic E-state index is 13.5. The summed E-state index contributed by atoms with van der Waals surface area (Å²) in [5.41, 5.74) is 17.5. The van der Waals surface area contributed by atoms with Gasteiger partial charge in [0.25, 0.3) is 22.9 Å². The Kier molecular flexibility index (Phi) is 29.6. The van der Waals surface area contributed by atoms with Crippen molar-refractivity contribution in [2.75, 3.05) is 52.6 Å². The van der Waals surface area contributed by atoms with E-state index in [0.29, 0.717) is 130 Å². The summed E-state index contributed by atoms with van der Waals surface area (Å²) in [6, 6.07) is 50.7. The van der Waals surface area contributed by atoms with Crippen LogP contribution in [0.2, 0.25) is 0 Å². The summed E-state index contributed by atoms with van der Waals surface area (Å²) < 4.78 is 31.1. The molecule has 9 heterocycles. The highest BCUT2D eigenvalue weighted by molar-refractivity contribution is 9.10. The number of hydrogen-bond donors (Lipinski definition) is 6. The number of aromatic nitrogens is 15. The second-order valence-corrected chi connectivity index (χ2v) is 29.1. The molecule has 6 aromatic carbocycles. The van der Waals surface area contributed by atoms with Crippen LogP contribution in [0.5, 0.6) is 11.5 Å². The average molecular weight is 1630 g/mol. The Labute approximate surface area is 673 Å². The maximum Gasteiger partial charge on any atom is 0.264 e. The number of nitrogens with zero attached hydrogens (tertiary/aromatic N) is 15. The van der Waals surface area contributed by atoms with E-state index in [1.807, 2.05) is 178 Å². The molecule has 8 N–H and O–H groups in total. The van der Waals surface area contributed by atoms with E-state index in [1.54, 1.807) is 48.6 Å². The zero-order chi connectivity index (χ0) is 79.1.